The maximum atomic E-state index is 5.49. The van der Waals surface area contributed by atoms with E-state index in [9.17, 15) is 0 Å². The Morgan fingerprint density at radius 3 is 2.62 bits per heavy atom. The molecule has 1 aliphatic heterocycles. The highest BCUT2D eigenvalue weighted by Crippen LogP contribution is 2.32. The van der Waals surface area contributed by atoms with Crippen molar-refractivity contribution in [3.05, 3.63) is 34.8 Å². The highest BCUT2D eigenvalue weighted by atomic mass is 79.9. The van der Waals surface area contributed by atoms with Crippen molar-refractivity contribution in [1.29, 1.82) is 0 Å². The van der Waals surface area contributed by atoms with Gasteiger partial charge >= 0.3 is 0 Å². The van der Waals surface area contributed by atoms with E-state index in [1.54, 1.807) is 0 Å². The second-order valence-corrected chi connectivity index (χ2v) is 3.83. The first kappa shape index (κ1) is 8.63. The van der Waals surface area contributed by atoms with Crippen molar-refractivity contribution in [1.82, 2.24) is 0 Å². The fraction of sp³-hybridized carbons (Fsp3) is 0.200. The topological polar surface area (TPSA) is 18.5 Å². The van der Waals surface area contributed by atoms with Gasteiger partial charge in [-0.25, -0.2) is 0 Å². The molecule has 2 rings (SSSR count). The van der Waals surface area contributed by atoms with E-state index in [2.05, 4.69) is 22.5 Å². The predicted octanol–water partition coefficient (Wildman–Crippen LogP) is 2.78. The Balaban J connectivity index is 2.35. The van der Waals surface area contributed by atoms with Crippen molar-refractivity contribution in [2.24, 2.45) is 0 Å². The number of hydrogen-bond acceptors (Lipinski definition) is 2. The molecular weight excluding hydrogens is 232 g/mol. The molecule has 0 N–H and O–H groups in total. The van der Waals surface area contributed by atoms with Crippen LogP contribution in [0.1, 0.15) is 0 Å². The van der Waals surface area contributed by atoms with Gasteiger partial charge < -0.3 is 9.47 Å². The molecule has 0 saturated carbocycles. The zero-order valence-electron chi connectivity index (χ0n) is 7.05. The average Bonchev–Trinajstić information content (AvgIpc) is 2.29. The van der Waals surface area contributed by atoms with Gasteiger partial charge in [-0.15, -0.1) is 0 Å². The van der Waals surface area contributed by atoms with Crippen LogP contribution in [-0.2, 0) is 0 Å². The molecule has 0 aromatic heterocycles. The van der Waals surface area contributed by atoms with Crippen molar-refractivity contribution < 1.29 is 9.47 Å². The van der Waals surface area contributed by atoms with Crippen LogP contribution in [0.3, 0.4) is 0 Å². The van der Waals surface area contributed by atoms with Gasteiger partial charge in [-0.3, -0.25) is 0 Å². The van der Waals surface area contributed by atoms with Crippen LogP contribution in [0.2, 0.25) is 0 Å². The van der Waals surface area contributed by atoms with Crippen LogP contribution >= 0.6 is 15.9 Å². The summed E-state index contributed by atoms with van der Waals surface area (Å²) in [6.45, 7) is 4.89. The molecule has 3 heteroatoms. The summed E-state index contributed by atoms with van der Waals surface area (Å²) < 4.78 is 11.9. The quantitative estimate of drug-likeness (QED) is 0.650. The van der Waals surface area contributed by atoms with Crippen LogP contribution in [0.4, 0.5) is 0 Å². The molecule has 0 fully saturated rings. The second-order valence-electron chi connectivity index (χ2n) is 2.92. The van der Waals surface area contributed by atoms with Crippen LogP contribution in [0.25, 0.3) is 0 Å². The largest absolute Gasteiger partial charge is 0.485 e. The van der Waals surface area contributed by atoms with Crippen LogP contribution in [-0.4, -0.2) is 13.2 Å². The standard InChI is InChI=1S/C10H9BrO2/c1-7-5-12-9-3-2-8(11)4-10(9)13-6-7/h2-4H,1,5-6H2. The van der Waals surface area contributed by atoms with Crippen molar-refractivity contribution >= 4 is 15.9 Å². The first-order chi connectivity index (χ1) is 6.25. The van der Waals surface area contributed by atoms with E-state index >= 15 is 0 Å². The molecule has 0 bridgehead atoms. The second kappa shape index (κ2) is 3.42. The fourth-order valence-electron chi connectivity index (χ4n) is 1.12. The van der Waals surface area contributed by atoms with Gasteiger partial charge in [0.1, 0.15) is 13.2 Å². The Bertz CT molecular complexity index is 347. The third-order valence-electron chi connectivity index (χ3n) is 1.77. The van der Waals surface area contributed by atoms with Crippen molar-refractivity contribution in [2.75, 3.05) is 13.2 Å². The molecule has 0 atom stereocenters. The minimum absolute atomic E-state index is 0.531. The lowest BCUT2D eigenvalue weighted by Crippen LogP contribution is -2.02. The normalized spacial score (nSPS) is 15.3. The lowest BCUT2D eigenvalue weighted by Gasteiger charge is -2.05. The maximum absolute atomic E-state index is 5.49. The Hall–Kier alpha value is -0.960. The number of rotatable bonds is 0. The molecule has 1 aliphatic rings. The Morgan fingerprint density at radius 1 is 1.15 bits per heavy atom. The predicted molar refractivity (Wildman–Crippen MR) is 54.3 cm³/mol. The molecule has 1 aromatic rings. The van der Waals surface area contributed by atoms with E-state index in [1.165, 1.54) is 0 Å². The summed E-state index contributed by atoms with van der Waals surface area (Å²) in [5.74, 6) is 1.55. The van der Waals surface area contributed by atoms with Crippen LogP contribution in [0.15, 0.2) is 34.8 Å². The summed E-state index contributed by atoms with van der Waals surface area (Å²) in [6, 6.07) is 5.71. The molecule has 0 saturated heterocycles. The molecule has 1 heterocycles. The summed E-state index contributed by atoms with van der Waals surface area (Å²) in [5.41, 5.74) is 0.951. The van der Waals surface area contributed by atoms with Crippen molar-refractivity contribution in [3.63, 3.8) is 0 Å². The summed E-state index contributed by atoms with van der Waals surface area (Å²) in [6.07, 6.45) is 0. The molecule has 2 nitrogen and oxygen atoms in total. The van der Waals surface area contributed by atoms with Crippen LogP contribution < -0.4 is 9.47 Å². The number of halogens is 1. The van der Waals surface area contributed by atoms with Crippen molar-refractivity contribution in [2.45, 2.75) is 0 Å². The zero-order chi connectivity index (χ0) is 9.26. The highest BCUT2D eigenvalue weighted by molar-refractivity contribution is 9.10. The van der Waals surface area contributed by atoms with Gasteiger partial charge in [0, 0.05) is 4.47 Å². The zero-order valence-corrected chi connectivity index (χ0v) is 8.63. The first-order valence-corrected chi connectivity index (χ1v) is 4.77. The van der Waals surface area contributed by atoms with Crippen LogP contribution in [0.5, 0.6) is 11.5 Å². The van der Waals surface area contributed by atoms with Gasteiger partial charge in [-0.1, -0.05) is 22.5 Å². The Labute approximate surface area is 85.3 Å². The fourth-order valence-corrected chi connectivity index (χ4v) is 1.46. The molecular formula is C10H9BrO2. The molecule has 0 radical (unpaired) electrons. The van der Waals surface area contributed by atoms with Gasteiger partial charge in [-0.2, -0.15) is 0 Å². The van der Waals surface area contributed by atoms with E-state index in [-0.39, 0.29) is 0 Å². The Morgan fingerprint density at radius 2 is 1.85 bits per heavy atom. The summed E-state index contributed by atoms with van der Waals surface area (Å²) >= 11 is 3.37. The minimum atomic E-state index is 0.531. The molecule has 0 unspecified atom stereocenters. The van der Waals surface area contributed by atoms with Gasteiger partial charge in [0.15, 0.2) is 11.5 Å². The van der Waals surface area contributed by atoms with E-state index < -0.39 is 0 Å². The van der Waals surface area contributed by atoms with Crippen LogP contribution in [0, 0.1) is 0 Å². The average molecular weight is 241 g/mol. The number of benzene rings is 1. The summed E-state index contributed by atoms with van der Waals surface area (Å²) in [7, 11) is 0. The number of ether oxygens (including phenoxy) is 2. The number of fused-ring (bicyclic) bond motifs is 1. The molecule has 0 aliphatic carbocycles. The highest BCUT2D eigenvalue weighted by Gasteiger charge is 2.11. The SMILES string of the molecule is C=C1COc2ccc(Br)cc2OC1. The van der Waals surface area contributed by atoms with Gasteiger partial charge in [-0.05, 0) is 23.8 Å². The number of hydrogen-bond donors (Lipinski definition) is 0. The van der Waals surface area contributed by atoms with Crippen molar-refractivity contribution in [3.8, 4) is 11.5 Å². The molecule has 0 amide bonds. The van der Waals surface area contributed by atoms with E-state index in [4.69, 9.17) is 9.47 Å². The van der Waals surface area contributed by atoms with E-state index in [0.717, 1.165) is 21.5 Å². The maximum Gasteiger partial charge on any atom is 0.162 e. The van der Waals surface area contributed by atoms with Gasteiger partial charge in [0.05, 0.1) is 0 Å². The third kappa shape index (κ3) is 1.86. The van der Waals surface area contributed by atoms with E-state index in [1.807, 2.05) is 18.2 Å². The third-order valence-corrected chi connectivity index (χ3v) is 2.26. The lowest BCUT2D eigenvalue weighted by atomic mass is 10.3. The minimum Gasteiger partial charge on any atom is -0.485 e. The molecule has 0 spiro atoms. The molecule has 13 heavy (non-hydrogen) atoms. The smallest absolute Gasteiger partial charge is 0.162 e. The molecule has 1 aromatic carbocycles. The summed E-state index contributed by atoms with van der Waals surface area (Å²) in [4.78, 5) is 0. The van der Waals surface area contributed by atoms with Gasteiger partial charge in [0.25, 0.3) is 0 Å². The first-order valence-electron chi connectivity index (χ1n) is 3.97. The molecule has 68 valence electrons. The van der Waals surface area contributed by atoms with Gasteiger partial charge in [0.2, 0.25) is 0 Å². The monoisotopic (exact) mass is 240 g/mol. The summed E-state index contributed by atoms with van der Waals surface area (Å²) in [5, 5.41) is 0. The van der Waals surface area contributed by atoms with E-state index in [0.29, 0.717) is 13.2 Å². The lowest BCUT2D eigenvalue weighted by molar-refractivity contribution is 0.354. The Kier molecular flexibility index (Phi) is 2.27.